The molecule has 1 aliphatic heterocycles. The Morgan fingerprint density at radius 2 is 1.93 bits per heavy atom. The van der Waals surface area contributed by atoms with Gasteiger partial charge in [-0.2, -0.15) is 0 Å². The molecule has 0 aliphatic carbocycles. The predicted octanol–water partition coefficient (Wildman–Crippen LogP) is 2.51. The van der Waals surface area contributed by atoms with Crippen LogP contribution in [0.15, 0.2) is 36.4 Å². The number of nitrogens with one attached hydrogen (secondary N) is 1. The number of fused-ring (bicyclic) bond motifs is 1. The quantitative estimate of drug-likeness (QED) is 0.725. The summed E-state index contributed by atoms with van der Waals surface area (Å²) < 4.78 is 15.9. The lowest BCUT2D eigenvalue weighted by Gasteiger charge is -2.16. The Hall–Kier alpha value is -3.22. The second kappa shape index (κ2) is 8.65. The van der Waals surface area contributed by atoms with Crippen molar-refractivity contribution in [2.24, 2.45) is 0 Å². The first-order valence-corrected chi connectivity index (χ1v) is 9.00. The second-order valence-corrected chi connectivity index (χ2v) is 6.49. The zero-order chi connectivity index (χ0) is 20.1. The molecule has 2 aromatic carbocycles. The molecule has 0 saturated heterocycles. The van der Waals surface area contributed by atoms with Crippen LogP contribution < -0.4 is 19.5 Å². The predicted molar refractivity (Wildman–Crippen MR) is 102 cm³/mol. The lowest BCUT2D eigenvalue weighted by atomic mass is 10.0. The van der Waals surface area contributed by atoms with Crippen LogP contribution in [0, 0.1) is 0 Å². The number of carbonyl (C=O) groups excluding carboxylic acids is 1. The van der Waals surface area contributed by atoms with Gasteiger partial charge in [0.25, 0.3) is 0 Å². The van der Waals surface area contributed by atoms with E-state index in [1.165, 1.54) is 0 Å². The topological polar surface area (TPSA) is 94.1 Å². The molecule has 7 heteroatoms. The lowest BCUT2D eigenvalue weighted by molar-refractivity contribution is -0.142. The zero-order valence-corrected chi connectivity index (χ0v) is 15.9. The van der Waals surface area contributed by atoms with Crippen LogP contribution in [0.2, 0.25) is 0 Å². The third-order valence-corrected chi connectivity index (χ3v) is 4.69. The fourth-order valence-electron chi connectivity index (χ4n) is 3.20. The van der Waals surface area contributed by atoms with Crippen LogP contribution in [0.3, 0.4) is 0 Å². The molecule has 1 atom stereocenters. The number of aliphatic carboxylic acids is 1. The molecule has 2 N–H and O–H groups in total. The van der Waals surface area contributed by atoms with Crippen LogP contribution in [0.1, 0.15) is 29.2 Å². The summed E-state index contributed by atoms with van der Waals surface area (Å²) in [7, 11) is 3.11. The molecule has 1 amide bonds. The standard InChI is InChI=1S/C21H23NO6/c1-26-17-6-3-13(11-18(17)27-2)4-8-19(23)22-20(21(24)25)15-5-7-16-14(12-15)9-10-28-16/h3,5-7,11-12,20H,4,8-10H2,1-2H3,(H,22,23)(H,24,25). The second-order valence-electron chi connectivity index (χ2n) is 6.49. The lowest BCUT2D eigenvalue weighted by Crippen LogP contribution is -2.33. The third-order valence-electron chi connectivity index (χ3n) is 4.69. The maximum atomic E-state index is 12.4. The van der Waals surface area contributed by atoms with Crippen LogP contribution in [0.5, 0.6) is 17.2 Å². The molecule has 3 rings (SSSR count). The van der Waals surface area contributed by atoms with E-state index in [-0.39, 0.29) is 12.3 Å². The summed E-state index contributed by atoms with van der Waals surface area (Å²) in [5.41, 5.74) is 2.40. The van der Waals surface area contributed by atoms with Gasteiger partial charge >= 0.3 is 5.97 Å². The number of hydrogen-bond donors (Lipinski definition) is 2. The van der Waals surface area contributed by atoms with Gasteiger partial charge in [-0.1, -0.05) is 12.1 Å². The van der Waals surface area contributed by atoms with E-state index in [9.17, 15) is 14.7 Å². The fraction of sp³-hybridized carbons (Fsp3) is 0.333. The molecular weight excluding hydrogens is 362 g/mol. The number of ether oxygens (including phenoxy) is 3. The number of carbonyl (C=O) groups is 2. The molecule has 1 unspecified atom stereocenters. The molecule has 0 spiro atoms. The molecule has 0 bridgehead atoms. The van der Waals surface area contributed by atoms with Crippen molar-refractivity contribution < 1.29 is 28.9 Å². The van der Waals surface area contributed by atoms with Gasteiger partial charge in [-0.3, -0.25) is 4.79 Å². The van der Waals surface area contributed by atoms with Crippen molar-refractivity contribution in [3.63, 3.8) is 0 Å². The Morgan fingerprint density at radius 3 is 2.64 bits per heavy atom. The van der Waals surface area contributed by atoms with Gasteiger partial charge in [0.05, 0.1) is 20.8 Å². The minimum Gasteiger partial charge on any atom is -0.493 e. The molecule has 1 heterocycles. The number of aryl methyl sites for hydroxylation is 1. The molecule has 148 valence electrons. The highest BCUT2D eigenvalue weighted by molar-refractivity contribution is 5.84. The van der Waals surface area contributed by atoms with Gasteiger partial charge in [0, 0.05) is 12.8 Å². The van der Waals surface area contributed by atoms with E-state index in [2.05, 4.69) is 5.32 Å². The maximum Gasteiger partial charge on any atom is 0.330 e. The zero-order valence-electron chi connectivity index (χ0n) is 15.9. The monoisotopic (exact) mass is 385 g/mol. The van der Waals surface area contributed by atoms with E-state index < -0.39 is 12.0 Å². The highest BCUT2D eigenvalue weighted by Gasteiger charge is 2.24. The van der Waals surface area contributed by atoms with Gasteiger partial charge < -0.3 is 24.6 Å². The molecule has 1 aliphatic rings. The molecule has 0 radical (unpaired) electrons. The number of amides is 1. The summed E-state index contributed by atoms with van der Waals surface area (Å²) >= 11 is 0. The van der Waals surface area contributed by atoms with Crippen molar-refractivity contribution in [1.29, 1.82) is 0 Å². The minimum absolute atomic E-state index is 0.160. The largest absolute Gasteiger partial charge is 0.493 e. The maximum absolute atomic E-state index is 12.4. The summed E-state index contributed by atoms with van der Waals surface area (Å²) in [6, 6.07) is 9.56. The number of methoxy groups -OCH3 is 2. The van der Waals surface area contributed by atoms with Gasteiger partial charge in [0.1, 0.15) is 5.75 Å². The van der Waals surface area contributed by atoms with Crippen molar-refractivity contribution in [2.45, 2.75) is 25.3 Å². The Kier molecular flexibility index (Phi) is 6.03. The molecule has 7 nitrogen and oxygen atoms in total. The van der Waals surface area contributed by atoms with Crippen molar-refractivity contribution >= 4 is 11.9 Å². The Balaban J connectivity index is 1.64. The fourth-order valence-corrected chi connectivity index (χ4v) is 3.20. The smallest absolute Gasteiger partial charge is 0.330 e. The van der Waals surface area contributed by atoms with Crippen LogP contribution in [-0.4, -0.2) is 37.8 Å². The van der Waals surface area contributed by atoms with Crippen molar-refractivity contribution in [2.75, 3.05) is 20.8 Å². The molecule has 28 heavy (non-hydrogen) atoms. The normalized spacial score (nSPS) is 13.2. The van der Waals surface area contributed by atoms with Gasteiger partial charge in [0.2, 0.25) is 5.91 Å². The van der Waals surface area contributed by atoms with Crippen LogP contribution >= 0.6 is 0 Å². The summed E-state index contributed by atoms with van der Waals surface area (Å²) in [4.78, 5) is 24.0. The molecule has 0 saturated carbocycles. The highest BCUT2D eigenvalue weighted by Crippen LogP contribution is 2.29. The third kappa shape index (κ3) is 4.36. The first-order chi connectivity index (χ1) is 13.5. The number of rotatable bonds is 8. The van der Waals surface area contributed by atoms with Gasteiger partial charge in [-0.05, 0) is 47.4 Å². The SMILES string of the molecule is COc1ccc(CCC(=O)NC(C(=O)O)c2ccc3c(c2)CCO3)cc1OC. The van der Waals surface area contributed by atoms with E-state index in [1.807, 2.05) is 6.07 Å². The first-order valence-electron chi connectivity index (χ1n) is 9.00. The molecular formula is C21H23NO6. The van der Waals surface area contributed by atoms with E-state index in [0.717, 1.165) is 23.3 Å². The van der Waals surface area contributed by atoms with Gasteiger partial charge in [0.15, 0.2) is 17.5 Å². The first kappa shape index (κ1) is 19.5. The van der Waals surface area contributed by atoms with Crippen LogP contribution in [0.4, 0.5) is 0 Å². The highest BCUT2D eigenvalue weighted by atomic mass is 16.5. The number of carboxylic acids is 1. The minimum atomic E-state index is -1.10. The van der Waals surface area contributed by atoms with Crippen molar-refractivity contribution in [3.8, 4) is 17.2 Å². The van der Waals surface area contributed by atoms with E-state index in [1.54, 1.807) is 44.6 Å². The molecule has 0 aromatic heterocycles. The Labute approximate surface area is 163 Å². The van der Waals surface area contributed by atoms with Gasteiger partial charge in [-0.25, -0.2) is 4.79 Å². The van der Waals surface area contributed by atoms with Gasteiger partial charge in [-0.15, -0.1) is 0 Å². The molecule has 0 fully saturated rings. The summed E-state index contributed by atoms with van der Waals surface area (Å²) in [6.45, 7) is 0.591. The average molecular weight is 385 g/mol. The number of hydrogen-bond acceptors (Lipinski definition) is 5. The van der Waals surface area contributed by atoms with Crippen molar-refractivity contribution in [3.05, 3.63) is 53.1 Å². The van der Waals surface area contributed by atoms with Crippen molar-refractivity contribution in [1.82, 2.24) is 5.32 Å². The van der Waals surface area contributed by atoms with E-state index in [4.69, 9.17) is 14.2 Å². The van der Waals surface area contributed by atoms with E-state index >= 15 is 0 Å². The molecule has 2 aromatic rings. The number of benzene rings is 2. The number of carboxylic acid groups (broad SMARTS) is 1. The summed E-state index contributed by atoms with van der Waals surface area (Å²) in [5.74, 6) is 0.538. The van der Waals surface area contributed by atoms with Crippen LogP contribution in [-0.2, 0) is 22.4 Å². The average Bonchev–Trinajstić information content (AvgIpc) is 3.17. The Bertz CT molecular complexity index is 879. The van der Waals surface area contributed by atoms with Crippen LogP contribution in [0.25, 0.3) is 0 Å². The summed E-state index contributed by atoms with van der Waals surface area (Å²) in [6.07, 6.45) is 1.35. The Morgan fingerprint density at radius 1 is 1.14 bits per heavy atom. The summed E-state index contributed by atoms with van der Waals surface area (Å²) in [5, 5.41) is 12.2. The van der Waals surface area contributed by atoms with E-state index in [0.29, 0.717) is 30.1 Å².